The van der Waals surface area contributed by atoms with Gasteiger partial charge in [-0.1, -0.05) is 15.9 Å². The maximum atomic E-state index is 12.0. The number of carbonyl (C=O) groups excluding carboxylic acids is 1. The van der Waals surface area contributed by atoms with E-state index in [-0.39, 0.29) is 17.3 Å². The van der Waals surface area contributed by atoms with Crippen LogP contribution in [0.2, 0.25) is 0 Å². The standard InChI is InChI=1S/C12H12BrN5O3S/c13-8-1-3-10(4-2-8)18-16-11(15-17-18)12(19)14-9-5-6-22(20,21)7-9/h1-4,9H,5-7H2,(H,14,19)/t9-/m1/s1. The summed E-state index contributed by atoms with van der Waals surface area (Å²) in [5, 5.41) is 14.2. The number of nitrogens with zero attached hydrogens (tertiary/aromatic N) is 4. The first-order valence-corrected chi connectivity index (χ1v) is 9.12. The lowest BCUT2D eigenvalue weighted by atomic mass is 10.2. The topological polar surface area (TPSA) is 107 Å². The van der Waals surface area contributed by atoms with Crippen LogP contribution in [0.3, 0.4) is 0 Å². The largest absolute Gasteiger partial charge is 0.345 e. The number of sulfone groups is 1. The number of rotatable bonds is 3. The molecule has 1 saturated heterocycles. The molecule has 8 nitrogen and oxygen atoms in total. The van der Waals surface area contributed by atoms with Crippen molar-refractivity contribution < 1.29 is 13.2 Å². The molecule has 1 aromatic carbocycles. The van der Waals surface area contributed by atoms with Crippen LogP contribution in [-0.2, 0) is 9.84 Å². The van der Waals surface area contributed by atoms with Crippen LogP contribution < -0.4 is 5.32 Å². The van der Waals surface area contributed by atoms with Crippen LogP contribution in [0.4, 0.5) is 0 Å². The van der Waals surface area contributed by atoms with Gasteiger partial charge < -0.3 is 5.32 Å². The molecule has 3 rings (SSSR count). The van der Waals surface area contributed by atoms with E-state index < -0.39 is 21.8 Å². The van der Waals surface area contributed by atoms with Crippen molar-refractivity contribution in [3.05, 3.63) is 34.6 Å². The Balaban J connectivity index is 1.71. The fraction of sp³-hybridized carbons (Fsp3) is 0.333. The number of halogens is 1. The maximum absolute atomic E-state index is 12.0. The molecule has 2 heterocycles. The van der Waals surface area contributed by atoms with Gasteiger partial charge in [0.05, 0.1) is 17.2 Å². The third kappa shape index (κ3) is 3.33. The van der Waals surface area contributed by atoms with Crippen molar-refractivity contribution in [1.29, 1.82) is 0 Å². The van der Waals surface area contributed by atoms with Gasteiger partial charge >= 0.3 is 0 Å². The predicted octanol–water partition coefficient (Wildman–Crippen LogP) is 0.342. The van der Waals surface area contributed by atoms with Gasteiger partial charge in [0.25, 0.3) is 11.7 Å². The van der Waals surface area contributed by atoms with Gasteiger partial charge in [-0.3, -0.25) is 4.79 Å². The molecule has 1 atom stereocenters. The summed E-state index contributed by atoms with van der Waals surface area (Å²) in [6.07, 6.45) is 0.412. The highest BCUT2D eigenvalue weighted by molar-refractivity contribution is 9.10. The molecule has 1 aliphatic heterocycles. The Bertz CT molecular complexity index is 802. The van der Waals surface area contributed by atoms with Crippen molar-refractivity contribution >= 4 is 31.7 Å². The quantitative estimate of drug-likeness (QED) is 0.816. The first-order valence-electron chi connectivity index (χ1n) is 6.50. The van der Waals surface area contributed by atoms with Gasteiger partial charge in [-0.25, -0.2) is 8.42 Å². The summed E-state index contributed by atoms with van der Waals surface area (Å²) in [5.41, 5.74) is 0.665. The van der Waals surface area contributed by atoms with Crippen LogP contribution in [0, 0.1) is 0 Å². The maximum Gasteiger partial charge on any atom is 0.293 e. The molecular formula is C12H12BrN5O3S. The molecule has 1 N–H and O–H groups in total. The van der Waals surface area contributed by atoms with E-state index in [0.29, 0.717) is 12.1 Å². The van der Waals surface area contributed by atoms with E-state index in [0.717, 1.165) is 4.47 Å². The number of hydrogen-bond donors (Lipinski definition) is 1. The van der Waals surface area contributed by atoms with E-state index >= 15 is 0 Å². The van der Waals surface area contributed by atoms with Crippen molar-refractivity contribution in [3.63, 3.8) is 0 Å². The van der Waals surface area contributed by atoms with Crippen LogP contribution in [-0.4, -0.2) is 52.1 Å². The van der Waals surface area contributed by atoms with Crippen molar-refractivity contribution in [1.82, 2.24) is 25.5 Å². The van der Waals surface area contributed by atoms with E-state index in [9.17, 15) is 13.2 Å². The molecule has 0 unspecified atom stereocenters. The highest BCUT2D eigenvalue weighted by atomic mass is 79.9. The second-order valence-corrected chi connectivity index (χ2v) is 8.10. The molecule has 1 fully saturated rings. The first kappa shape index (κ1) is 15.1. The molecule has 22 heavy (non-hydrogen) atoms. The zero-order chi connectivity index (χ0) is 15.7. The van der Waals surface area contributed by atoms with E-state index in [4.69, 9.17) is 0 Å². The van der Waals surface area contributed by atoms with E-state index in [2.05, 4.69) is 36.7 Å². The summed E-state index contributed by atoms with van der Waals surface area (Å²) in [4.78, 5) is 13.3. The summed E-state index contributed by atoms with van der Waals surface area (Å²) in [5.74, 6) is -0.561. The molecule has 10 heteroatoms. The SMILES string of the molecule is O=C(N[C@@H]1CCS(=O)(=O)C1)c1nnn(-c2ccc(Br)cc2)n1. The molecule has 116 valence electrons. The summed E-state index contributed by atoms with van der Waals surface area (Å²) in [6.45, 7) is 0. The normalized spacial score (nSPS) is 20.0. The van der Waals surface area contributed by atoms with Gasteiger partial charge in [0.2, 0.25) is 0 Å². The first-order chi connectivity index (χ1) is 10.4. The highest BCUT2D eigenvalue weighted by Gasteiger charge is 2.30. The molecule has 1 aromatic heterocycles. The Hall–Kier alpha value is -1.81. The molecular weight excluding hydrogens is 374 g/mol. The minimum Gasteiger partial charge on any atom is -0.345 e. The molecule has 0 saturated carbocycles. The smallest absolute Gasteiger partial charge is 0.293 e. The zero-order valence-corrected chi connectivity index (χ0v) is 13.7. The third-order valence-electron chi connectivity index (χ3n) is 3.24. The molecule has 1 amide bonds. The van der Waals surface area contributed by atoms with E-state index in [1.165, 1.54) is 4.80 Å². The number of aromatic nitrogens is 4. The van der Waals surface area contributed by atoms with Gasteiger partial charge in [0.15, 0.2) is 9.84 Å². The van der Waals surface area contributed by atoms with Gasteiger partial charge in [0, 0.05) is 10.5 Å². The van der Waals surface area contributed by atoms with E-state index in [1.54, 1.807) is 12.1 Å². The number of hydrogen-bond acceptors (Lipinski definition) is 6. The average Bonchev–Trinajstić information content (AvgIpc) is 3.06. The number of amides is 1. The number of nitrogens with one attached hydrogen (secondary N) is 1. The Morgan fingerprint density at radius 2 is 2.05 bits per heavy atom. The van der Waals surface area contributed by atoms with Crippen LogP contribution in [0.15, 0.2) is 28.7 Å². The summed E-state index contributed by atoms with van der Waals surface area (Å²) >= 11 is 3.33. The molecule has 0 radical (unpaired) electrons. The third-order valence-corrected chi connectivity index (χ3v) is 5.54. The summed E-state index contributed by atoms with van der Waals surface area (Å²) in [6, 6.07) is 6.80. The molecule has 1 aliphatic rings. The molecule has 0 spiro atoms. The minimum atomic E-state index is -3.05. The zero-order valence-electron chi connectivity index (χ0n) is 11.3. The van der Waals surface area contributed by atoms with Gasteiger partial charge in [-0.2, -0.15) is 0 Å². The second-order valence-electron chi connectivity index (χ2n) is 4.95. The van der Waals surface area contributed by atoms with Crippen LogP contribution in [0.5, 0.6) is 0 Å². The lowest BCUT2D eigenvalue weighted by Crippen LogP contribution is -2.36. The minimum absolute atomic E-state index is 0.0421. The van der Waals surface area contributed by atoms with Gasteiger partial charge in [-0.05, 0) is 35.9 Å². The van der Waals surface area contributed by atoms with Crippen molar-refractivity contribution in [2.24, 2.45) is 0 Å². The van der Waals surface area contributed by atoms with Crippen molar-refractivity contribution in [3.8, 4) is 5.69 Å². The number of carbonyl (C=O) groups is 1. The Morgan fingerprint density at radius 1 is 1.32 bits per heavy atom. The van der Waals surface area contributed by atoms with Gasteiger partial charge in [-0.15, -0.1) is 15.0 Å². The fourth-order valence-electron chi connectivity index (χ4n) is 2.15. The molecule has 0 aliphatic carbocycles. The number of tetrazole rings is 1. The number of benzene rings is 1. The van der Waals surface area contributed by atoms with Crippen LogP contribution >= 0.6 is 15.9 Å². The molecule has 2 aromatic rings. The van der Waals surface area contributed by atoms with Crippen molar-refractivity contribution in [2.75, 3.05) is 11.5 Å². The van der Waals surface area contributed by atoms with E-state index in [1.807, 2.05) is 12.1 Å². The van der Waals surface area contributed by atoms with Crippen LogP contribution in [0.25, 0.3) is 5.69 Å². The summed E-state index contributed by atoms with van der Waals surface area (Å²) in [7, 11) is -3.05. The Labute approximate surface area is 134 Å². The highest BCUT2D eigenvalue weighted by Crippen LogP contribution is 2.13. The average molecular weight is 386 g/mol. The van der Waals surface area contributed by atoms with Crippen LogP contribution in [0.1, 0.15) is 17.0 Å². The second kappa shape index (κ2) is 5.76. The lowest BCUT2D eigenvalue weighted by Gasteiger charge is -2.07. The molecule has 0 bridgehead atoms. The van der Waals surface area contributed by atoms with Crippen molar-refractivity contribution in [2.45, 2.75) is 12.5 Å². The predicted molar refractivity (Wildman–Crippen MR) is 81.4 cm³/mol. The lowest BCUT2D eigenvalue weighted by molar-refractivity contribution is 0.0930. The Morgan fingerprint density at radius 3 is 2.68 bits per heavy atom. The Kier molecular flexibility index (Phi) is 3.96. The monoisotopic (exact) mass is 385 g/mol. The summed E-state index contributed by atoms with van der Waals surface area (Å²) < 4.78 is 23.7. The fourth-order valence-corrected chi connectivity index (χ4v) is 4.09. The van der Waals surface area contributed by atoms with Gasteiger partial charge in [0.1, 0.15) is 0 Å².